The van der Waals surface area contributed by atoms with Gasteiger partial charge in [-0.15, -0.1) is 0 Å². The summed E-state index contributed by atoms with van der Waals surface area (Å²) in [5.41, 5.74) is 6.98. The highest BCUT2D eigenvalue weighted by molar-refractivity contribution is 5.68. The van der Waals surface area contributed by atoms with Crippen LogP contribution in [0.1, 0.15) is 26.3 Å². The van der Waals surface area contributed by atoms with Gasteiger partial charge in [-0.25, -0.2) is 4.79 Å². The fourth-order valence-corrected chi connectivity index (χ4v) is 2.02. The Balaban J connectivity index is 1.97. The monoisotopic (exact) mass is 264 g/mol. The number of carbonyl (C=O) groups is 1. The van der Waals surface area contributed by atoms with Gasteiger partial charge in [-0.1, -0.05) is 12.1 Å². The summed E-state index contributed by atoms with van der Waals surface area (Å²) in [7, 11) is 0. The number of anilines is 1. The molecule has 1 aromatic rings. The van der Waals surface area contributed by atoms with Crippen LogP contribution in [0.4, 0.5) is 10.5 Å². The molecule has 19 heavy (non-hydrogen) atoms. The highest BCUT2D eigenvalue weighted by Gasteiger charge is 2.25. The van der Waals surface area contributed by atoms with Crippen LogP contribution in [0.2, 0.25) is 0 Å². The summed E-state index contributed by atoms with van der Waals surface area (Å²) >= 11 is 0. The minimum Gasteiger partial charge on any atom is -0.489 e. The molecule has 1 amide bonds. The van der Waals surface area contributed by atoms with Gasteiger partial charge in [0.15, 0.2) is 0 Å². The van der Waals surface area contributed by atoms with Gasteiger partial charge in [0.05, 0.1) is 11.7 Å². The third-order valence-electron chi connectivity index (χ3n) is 2.74. The normalized spacial score (nSPS) is 18.2. The smallest absolute Gasteiger partial charge is 0.408 e. The van der Waals surface area contributed by atoms with E-state index in [9.17, 15) is 4.79 Å². The zero-order valence-corrected chi connectivity index (χ0v) is 11.5. The topological polar surface area (TPSA) is 73.6 Å². The molecule has 1 aliphatic rings. The molecule has 0 fully saturated rings. The molecule has 0 unspecified atom stereocenters. The lowest BCUT2D eigenvalue weighted by Crippen LogP contribution is -2.45. The van der Waals surface area contributed by atoms with E-state index in [1.165, 1.54) is 0 Å². The zero-order valence-electron chi connectivity index (χ0n) is 11.5. The number of alkyl carbamates (subject to hydrolysis) is 1. The number of amides is 1. The highest BCUT2D eigenvalue weighted by atomic mass is 16.6. The van der Waals surface area contributed by atoms with E-state index in [-0.39, 0.29) is 6.04 Å². The van der Waals surface area contributed by atoms with Crippen molar-refractivity contribution in [3.05, 3.63) is 23.8 Å². The lowest BCUT2D eigenvalue weighted by molar-refractivity contribution is 0.0482. The predicted molar refractivity (Wildman–Crippen MR) is 73.2 cm³/mol. The van der Waals surface area contributed by atoms with Crippen molar-refractivity contribution in [3.8, 4) is 5.75 Å². The number of nitrogens with two attached hydrogens (primary N) is 1. The van der Waals surface area contributed by atoms with Gasteiger partial charge in [-0.3, -0.25) is 0 Å². The molecule has 1 aliphatic heterocycles. The number of carbonyl (C=O) groups excluding carboxylic acids is 1. The standard InChI is InChI=1S/C14H20N2O3/c1-14(2,3)19-13(17)16-10-7-9-5-4-6-11(15)12(9)18-8-10/h4-6,10H,7-8,15H2,1-3H3,(H,16,17)/t10-/m0/s1. The summed E-state index contributed by atoms with van der Waals surface area (Å²) in [6, 6.07) is 5.55. The van der Waals surface area contributed by atoms with Crippen LogP contribution >= 0.6 is 0 Å². The number of fused-ring (bicyclic) bond motifs is 1. The Hall–Kier alpha value is -1.91. The molecule has 3 N–H and O–H groups in total. The molecular weight excluding hydrogens is 244 g/mol. The van der Waals surface area contributed by atoms with Gasteiger partial charge in [-0.2, -0.15) is 0 Å². The van der Waals surface area contributed by atoms with Crippen LogP contribution in [0.3, 0.4) is 0 Å². The third-order valence-corrected chi connectivity index (χ3v) is 2.74. The molecule has 0 spiro atoms. The molecule has 0 saturated heterocycles. The quantitative estimate of drug-likeness (QED) is 0.762. The first-order valence-electron chi connectivity index (χ1n) is 6.35. The molecule has 0 aliphatic carbocycles. The second kappa shape index (κ2) is 4.99. The molecule has 2 rings (SSSR count). The van der Waals surface area contributed by atoms with Gasteiger partial charge in [0.2, 0.25) is 0 Å². The molecule has 0 bridgehead atoms. The number of ether oxygens (including phenoxy) is 2. The Morgan fingerprint density at radius 2 is 2.21 bits per heavy atom. The third kappa shape index (κ3) is 3.53. The Morgan fingerprint density at radius 3 is 2.89 bits per heavy atom. The first kappa shape index (κ1) is 13.5. The Bertz CT molecular complexity index is 480. The molecule has 5 nitrogen and oxygen atoms in total. The molecule has 0 aromatic heterocycles. The average molecular weight is 264 g/mol. The molecule has 104 valence electrons. The summed E-state index contributed by atoms with van der Waals surface area (Å²) in [6.07, 6.45) is 0.271. The summed E-state index contributed by atoms with van der Waals surface area (Å²) < 4.78 is 10.8. The first-order valence-corrected chi connectivity index (χ1v) is 6.35. The Kier molecular flexibility index (Phi) is 3.55. The first-order chi connectivity index (χ1) is 8.85. The molecule has 0 radical (unpaired) electrons. The number of para-hydroxylation sites is 1. The van der Waals surface area contributed by atoms with E-state index in [2.05, 4.69) is 5.32 Å². The van der Waals surface area contributed by atoms with Crippen LogP contribution in [0.25, 0.3) is 0 Å². The van der Waals surface area contributed by atoms with Crippen LogP contribution < -0.4 is 15.8 Å². The predicted octanol–water partition coefficient (Wildman–Crippen LogP) is 2.10. The largest absolute Gasteiger partial charge is 0.489 e. The van der Waals surface area contributed by atoms with E-state index in [0.29, 0.717) is 18.7 Å². The van der Waals surface area contributed by atoms with Crippen molar-refractivity contribution in [2.24, 2.45) is 0 Å². The Labute approximate surface area is 113 Å². The average Bonchev–Trinajstić information content (AvgIpc) is 2.26. The van der Waals surface area contributed by atoms with Crippen molar-refractivity contribution < 1.29 is 14.3 Å². The summed E-state index contributed by atoms with van der Waals surface area (Å²) in [4.78, 5) is 11.7. The zero-order chi connectivity index (χ0) is 14.0. The molecule has 1 heterocycles. The SMILES string of the molecule is CC(C)(C)OC(=O)N[C@@H]1COc2c(N)cccc2C1. The van der Waals surface area contributed by atoms with Gasteiger partial charge in [0.25, 0.3) is 0 Å². The fraction of sp³-hybridized carbons (Fsp3) is 0.500. The summed E-state index contributed by atoms with van der Waals surface area (Å²) in [5, 5.41) is 2.81. The van der Waals surface area contributed by atoms with E-state index >= 15 is 0 Å². The molecule has 5 heteroatoms. The summed E-state index contributed by atoms with van der Waals surface area (Å²) in [6.45, 7) is 5.90. The molecular formula is C14H20N2O3. The van der Waals surface area contributed by atoms with E-state index in [4.69, 9.17) is 15.2 Å². The molecule has 0 saturated carbocycles. The van der Waals surface area contributed by atoms with Gasteiger partial charge >= 0.3 is 6.09 Å². The summed E-state index contributed by atoms with van der Waals surface area (Å²) in [5.74, 6) is 0.727. The number of nitrogen functional groups attached to an aromatic ring is 1. The van der Waals surface area contributed by atoms with Crippen molar-refractivity contribution in [2.75, 3.05) is 12.3 Å². The fourth-order valence-electron chi connectivity index (χ4n) is 2.02. The maximum absolute atomic E-state index is 11.7. The minimum atomic E-state index is -0.498. The Morgan fingerprint density at radius 1 is 1.47 bits per heavy atom. The highest BCUT2D eigenvalue weighted by Crippen LogP contribution is 2.30. The van der Waals surface area contributed by atoms with E-state index in [0.717, 1.165) is 11.3 Å². The van der Waals surface area contributed by atoms with Crippen LogP contribution in [0, 0.1) is 0 Å². The number of hydrogen-bond acceptors (Lipinski definition) is 4. The molecule has 1 atom stereocenters. The van der Waals surface area contributed by atoms with Crippen molar-refractivity contribution in [1.29, 1.82) is 0 Å². The van der Waals surface area contributed by atoms with E-state index in [1.54, 1.807) is 6.07 Å². The van der Waals surface area contributed by atoms with Crippen LogP contribution in [-0.2, 0) is 11.2 Å². The van der Waals surface area contributed by atoms with Crippen molar-refractivity contribution in [1.82, 2.24) is 5.32 Å². The maximum Gasteiger partial charge on any atom is 0.408 e. The van der Waals surface area contributed by atoms with E-state index < -0.39 is 11.7 Å². The maximum atomic E-state index is 11.7. The number of rotatable bonds is 1. The minimum absolute atomic E-state index is 0.0934. The second-order valence-corrected chi connectivity index (χ2v) is 5.69. The van der Waals surface area contributed by atoms with Gasteiger partial charge in [0.1, 0.15) is 18.0 Å². The number of nitrogens with one attached hydrogen (secondary N) is 1. The van der Waals surface area contributed by atoms with Gasteiger partial charge < -0.3 is 20.5 Å². The lowest BCUT2D eigenvalue weighted by Gasteiger charge is -2.28. The molecule has 1 aromatic carbocycles. The van der Waals surface area contributed by atoms with Crippen LogP contribution in [0.5, 0.6) is 5.75 Å². The van der Waals surface area contributed by atoms with Crippen molar-refractivity contribution >= 4 is 11.8 Å². The van der Waals surface area contributed by atoms with Gasteiger partial charge in [0, 0.05) is 0 Å². The number of hydrogen-bond donors (Lipinski definition) is 2. The second-order valence-electron chi connectivity index (χ2n) is 5.69. The number of benzene rings is 1. The van der Waals surface area contributed by atoms with Crippen LogP contribution in [0.15, 0.2) is 18.2 Å². The van der Waals surface area contributed by atoms with Crippen molar-refractivity contribution in [2.45, 2.75) is 38.8 Å². The van der Waals surface area contributed by atoms with Crippen molar-refractivity contribution in [3.63, 3.8) is 0 Å². The van der Waals surface area contributed by atoms with E-state index in [1.807, 2.05) is 32.9 Å². The lowest BCUT2D eigenvalue weighted by atomic mass is 10.0. The van der Waals surface area contributed by atoms with Gasteiger partial charge in [-0.05, 0) is 38.8 Å². The van der Waals surface area contributed by atoms with Crippen LogP contribution in [-0.4, -0.2) is 24.3 Å².